The van der Waals surface area contributed by atoms with Gasteiger partial charge >= 0.3 is 0 Å². The first-order valence-corrected chi connectivity index (χ1v) is 30.0. The molecule has 65 heavy (non-hydrogen) atoms. The highest BCUT2D eigenvalue weighted by atomic mass is 16.5. The van der Waals surface area contributed by atoms with Gasteiger partial charge in [0.05, 0.1) is 17.8 Å². The maximum absolute atomic E-state index is 6.47. The van der Waals surface area contributed by atoms with Gasteiger partial charge in [0.25, 0.3) is 0 Å². The van der Waals surface area contributed by atoms with Crippen LogP contribution in [0.1, 0.15) is 345 Å². The predicted molar refractivity (Wildman–Crippen MR) is 295 cm³/mol. The fraction of sp³-hybridized carbons (Fsp3) is 1.00. The number of unbranched alkanes of at least 4 members (excludes halogenated alkanes) is 34. The van der Waals surface area contributed by atoms with Crippen molar-refractivity contribution in [2.75, 3.05) is 27.3 Å². The molecule has 3 heteroatoms. The summed E-state index contributed by atoms with van der Waals surface area (Å²) in [4.78, 5) is 2.82. The van der Waals surface area contributed by atoms with Crippen LogP contribution < -0.4 is 0 Å². The highest BCUT2D eigenvalue weighted by molar-refractivity contribution is 4.87. The molecule has 0 aliphatic carbocycles. The Balaban J connectivity index is 4.75. The molecule has 0 aliphatic rings. The Bertz CT molecular complexity index is 933. The Labute approximate surface area is 413 Å². The van der Waals surface area contributed by atoms with E-state index in [4.69, 9.17) is 9.47 Å². The van der Waals surface area contributed by atoms with Crippen LogP contribution in [0.2, 0.25) is 0 Å². The molecule has 0 saturated carbocycles. The summed E-state index contributed by atoms with van der Waals surface area (Å²) in [7, 11) is 4.29. The van der Waals surface area contributed by atoms with E-state index in [0.29, 0.717) is 5.41 Å². The maximum atomic E-state index is 6.47. The number of methoxy groups -OCH3 is 1. The molecule has 0 saturated heterocycles. The molecule has 392 valence electrons. The molecule has 0 aliphatic heterocycles. The zero-order chi connectivity index (χ0) is 48.4. The van der Waals surface area contributed by atoms with Crippen molar-refractivity contribution in [1.82, 2.24) is 4.90 Å². The molecule has 1 unspecified atom stereocenters. The van der Waals surface area contributed by atoms with Crippen molar-refractivity contribution in [2.45, 2.75) is 363 Å². The minimum absolute atomic E-state index is 0.106. The summed E-state index contributed by atoms with van der Waals surface area (Å²) in [5, 5.41) is 0. The highest BCUT2D eigenvalue weighted by Crippen LogP contribution is 2.42. The second-order valence-electron chi connectivity index (χ2n) is 24.5. The zero-order valence-corrected chi connectivity index (χ0v) is 47.7. The molecular weight excluding hydrogens is 791 g/mol. The van der Waals surface area contributed by atoms with Gasteiger partial charge in [-0.1, -0.05) is 279 Å². The second kappa shape index (κ2) is 42.7. The Morgan fingerprint density at radius 1 is 0.385 bits per heavy atom. The molecule has 3 nitrogen and oxygen atoms in total. The van der Waals surface area contributed by atoms with Gasteiger partial charge in [-0.05, 0) is 84.1 Å². The molecule has 0 rings (SSSR count). The number of nitrogens with zero attached hydrogens (tertiary/aromatic N) is 1. The van der Waals surface area contributed by atoms with Gasteiger partial charge in [0.1, 0.15) is 0 Å². The van der Waals surface area contributed by atoms with E-state index < -0.39 is 0 Å². The third kappa shape index (κ3) is 42.5. The standard InChI is InChI=1S/C62H127NO2/c1-13-16-18-20-22-24-26-28-30-32-34-36-38-40-42-44-46-48-50-58(51-49-47-45-43-41-39-37-35-33-31-29-27-25-23-21-19-17-14-2)63(11)57-59(4,5)56-62(10,15-3)53-52-61(8,9)65-55-54-60(6,7)64-12/h58H,13-57H2,1-12H3. The summed E-state index contributed by atoms with van der Waals surface area (Å²) < 4.78 is 12.1. The Hall–Kier alpha value is -0.120. The number of hydrogen-bond acceptors (Lipinski definition) is 3. The van der Waals surface area contributed by atoms with E-state index in [1.54, 1.807) is 0 Å². The Morgan fingerprint density at radius 3 is 0.985 bits per heavy atom. The van der Waals surface area contributed by atoms with Gasteiger partial charge in [-0.2, -0.15) is 0 Å². The molecule has 0 bridgehead atoms. The third-order valence-corrected chi connectivity index (χ3v) is 15.9. The molecule has 0 N–H and O–H groups in total. The summed E-state index contributed by atoms with van der Waals surface area (Å²) in [5.41, 5.74) is 0.379. The fourth-order valence-electron chi connectivity index (χ4n) is 10.9. The number of ether oxygens (including phenoxy) is 2. The van der Waals surface area contributed by atoms with Gasteiger partial charge in [0.15, 0.2) is 0 Å². The lowest BCUT2D eigenvalue weighted by Gasteiger charge is -2.42. The van der Waals surface area contributed by atoms with Crippen LogP contribution in [-0.4, -0.2) is 49.5 Å². The summed E-state index contributed by atoms with van der Waals surface area (Å²) >= 11 is 0. The molecule has 0 heterocycles. The van der Waals surface area contributed by atoms with Crippen LogP contribution in [0.15, 0.2) is 0 Å². The van der Waals surface area contributed by atoms with Crippen LogP contribution in [0.4, 0.5) is 0 Å². The number of hydrogen-bond donors (Lipinski definition) is 0. The van der Waals surface area contributed by atoms with Crippen molar-refractivity contribution in [3.05, 3.63) is 0 Å². The van der Waals surface area contributed by atoms with Crippen molar-refractivity contribution in [3.63, 3.8) is 0 Å². The average Bonchev–Trinajstić information content (AvgIpc) is 3.26. The van der Waals surface area contributed by atoms with Gasteiger partial charge < -0.3 is 14.4 Å². The molecule has 0 radical (unpaired) electrons. The van der Waals surface area contributed by atoms with Gasteiger partial charge in [-0.25, -0.2) is 0 Å². The average molecular weight is 919 g/mol. The molecule has 0 aromatic rings. The summed E-state index contributed by atoms with van der Waals surface area (Å²) in [5.74, 6) is 0. The van der Waals surface area contributed by atoms with Crippen LogP contribution in [0.5, 0.6) is 0 Å². The van der Waals surface area contributed by atoms with Crippen molar-refractivity contribution < 1.29 is 9.47 Å². The molecule has 0 fully saturated rings. The van der Waals surface area contributed by atoms with Crippen LogP contribution in [0.25, 0.3) is 0 Å². The monoisotopic (exact) mass is 918 g/mol. The Morgan fingerprint density at radius 2 is 0.692 bits per heavy atom. The van der Waals surface area contributed by atoms with Gasteiger partial charge in [0.2, 0.25) is 0 Å². The molecular formula is C62H127NO2. The van der Waals surface area contributed by atoms with E-state index in [9.17, 15) is 0 Å². The van der Waals surface area contributed by atoms with Gasteiger partial charge in [-0.15, -0.1) is 0 Å². The third-order valence-electron chi connectivity index (χ3n) is 15.9. The van der Waals surface area contributed by atoms with Crippen molar-refractivity contribution in [1.29, 1.82) is 0 Å². The maximum Gasteiger partial charge on any atom is 0.0644 e. The Kier molecular flexibility index (Phi) is 42.7. The molecule has 0 amide bonds. The lowest BCUT2D eigenvalue weighted by Crippen LogP contribution is -2.41. The molecule has 0 aromatic carbocycles. The first kappa shape index (κ1) is 64.9. The van der Waals surface area contributed by atoms with Crippen molar-refractivity contribution >= 4 is 0 Å². The van der Waals surface area contributed by atoms with Crippen LogP contribution in [-0.2, 0) is 9.47 Å². The summed E-state index contributed by atoms with van der Waals surface area (Å²) in [6, 6.07) is 0.730. The van der Waals surface area contributed by atoms with E-state index in [1.165, 1.54) is 270 Å². The predicted octanol–water partition coefficient (Wildman–Crippen LogP) is 21.4. The summed E-state index contributed by atoms with van der Waals surface area (Å²) in [6.07, 6.45) is 60.9. The lowest BCUT2D eigenvalue weighted by molar-refractivity contribution is -0.0668. The lowest BCUT2D eigenvalue weighted by atomic mass is 9.69. The van der Waals surface area contributed by atoms with Crippen LogP contribution in [0.3, 0.4) is 0 Å². The smallest absolute Gasteiger partial charge is 0.0644 e. The van der Waals surface area contributed by atoms with E-state index >= 15 is 0 Å². The highest BCUT2D eigenvalue weighted by Gasteiger charge is 2.35. The van der Waals surface area contributed by atoms with E-state index in [-0.39, 0.29) is 16.6 Å². The summed E-state index contributed by atoms with van der Waals surface area (Å²) in [6.45, 7) is 25.6. The largest absolute Gasteiger partial charge is 0.379 e. The van der Waals surface area contributed by atoms with Crippen molar-refractivity contribution in [2.24, 2.45) is 10.8 Å². The fourth-order valence-corrected chi connectivity index (χ4v) is 10.9. The minimum Gasteiger partial charge on any atom is -0.379 e. The SMILES string of the molecule is CCCCCCCCCCCCCCCCCCCCC(CCCCCCCCCCCCCCCCCCCC)N(C)CC(C)(C)CC(C)(CC)CCC(C)(C)OCCC(C)(C)OC. The second-order valence-corrected chi connectivity index (χ2v) is 24.5. The van der Waals surface area contributed by atoms with E-state index in [2.05, 4.69) is 81.2 Å². The van der Waals surface area contributed by atoms with Crippen LogP contribution >= 0.6 is 0 Å². The van der Waals surface area contributed by atoms with Crippen molar-refractivity contribution in [3.8, 4) is 0 Å². The van der Waals surface area contributed by atoms with E-state index in [0.717, 1.165) is 25.5 Å². The first-order chi connectivity index (χ1) is 31.1. The normalized spacial score (nSPS) is 13.8. The van der Waals surface area contributed by atoms with Gasteiger partial charge in [0, 0.05) is 19.7 Å². The minimum atomic E-state index is -0.126. The molecule has 0 spiro atoms. The van der Waals surface area contributed by atoms with Crippen LogP contribution in [0, 0.1) is 10.8 Å². The molecule has 1 atom stereocenters. The topological polar surface area (TPSA) is 21.7 Å². The van der Waals surface area contributed by atoms with E-state index in [1.807, 2.05) is 7.11 Å². The first-order valence-electron chi connectivity index (χ1n) is 30.0. The number of rotatable bonds is 52. The quantitative estimate of drug-likeness (QED) is 0.0568. The van der Waals surface area contributed by atoms with Gasteiger partial charge in [-0.3, -0.25) is 0 Å². The molecule has 0 aromatic heterocycles. The zero-order valence-electron chi connectivity index (χ0n) is 47.7.